The molecule has 0 aromatic heterocycles. The normalized spacial score (nSPS) is 13.1. The highest BCUT2D eigenvalue weighted by molar-refractivity contribution is 9.10. The van der Waals surface area contributed by atoms with E-state index in [1.807, 2.05) is 30.3 Å². The number of hydrogen-bond donors (Lipinski definition) is 2. The molecule has 0 radical (unpaired) electrons. The van der Waals surface area contributed by atoms with E-state index in [0.717, 1.165) is 5.56 Å². The Balaban J connectivity index is 1.72. The van der Waals surface area contributed by atoms with Crippen molar-refractivity contribution in [1.29, 1.82) is 0 Å². The highest BCUT2D eigenvalue weighted by Crippen LogP contribution is 2.39. The second-order valence-corrected chi connectivity index (χ2v) is 6.44. The SMILES string of the molecule is O=C(O)C[C@H](NC(=O)OCc1ccccc1)c1cc2c(cc1Br)OCO2. The molecule has 7 nitrogen and oxygen atoms in total. The van der Waals surface area contributed by atoms with Crippen molar-refractivity contribution < 1.29 is 28.9 Å². The van der Waals surface area contributed by atoms with Crippen LogP contribution in [-0.2, 0) is 16.1 Å². The predicted octanol–water partition coefficient (Wildman–Crippen LogP) is 3.62. The van der Waals surface area contributed by atoms with Crippen LogP contribution in [0, 0.1) is 0 Å². The van der Waals surface area contributed by atoms with Crippen molar-refractivity contribution in [2.75, 3.05) is 6.79 Å². The van der Waals surface area contributed by atoms with E-state index in [0.29, 0.717) is 21.5 Å². The molecule has 2 N–H and O–H groups in total. The lowest BCUT2D eigenvalue weighted by atomic mass is 10.0. The molecule has 0 bridgehead atoms. The first-order valence-corrected chi connectivity index (χ1v) is 8.60. The molecule has 0 spiro atoms. The van der Waals surface area contributed by atoms with Gasteiger partial charge in [0.2, 0.25) is 6.79 Å². The molecule has 1 aliphatic heterocycles. The first-order valence-electron chi connectivity index (χ1n) is 7.81. The van der Waals surface area contributed by atoms with Crippen molar-refractivity contribution in [3.63, 3.8) is 0 Å². The minimum absolute atomic E-state index is 0.0920. The van der Waals surface area contributed by atoms with Crippen LogP contribution in [0.2, 0.25) is 0 Å². The van der Waals surface area contributed by atoms with E-state index in [2.05, 4.69) is 21.2 Å². The number of ether oxygens (including phenoxy) is 3. The molecule has 1 heterocycles. The molecule has 1 aliphatic rings. The van der Waals surface area contributed by atoms with Gasteiger partial charge in [0.25, 0.3) is 0 Å². The van der Waals surface area contributed by atoms with Crippen molar-refractivity contribution in [2.45, 2.75) is 19.1 Å². The van der Waals surface area contributed by atoms with Gasteiger partial charge in [0.1, 0.15) is 6.61 Å². The summed E-state index contributed by atoms with van der Waals surface area (Å²) in [5.41, 5.74) is 1.40. The Hall–Kier alpha value is -2.74. The van der Waals surface area contributed by atoms with Crippen molar-refractivity contribution in [3.8, 4) is 11.5 Å². The summed E-state index contributed by atoms with van der Waals surface area (Å²) in [5.74, 6) is 0.00215. The molecule has 8 heteroatoms. The number of benzene rings is 2. The lowest BCUT2D eigenvalue weighted by molar-refractivity contribution is -0.137. The second kappa shape index (κ2) is 8.09. The number of aliphatic carboxylic acids is 1. The van der Waals surface area contributed by atoms with Crippen molar-refractivity contribution >= 4 is 28.0 Å². The smallest absolute Gasteiger partial charge is 0.407 e. The lowest BCUT2D eigenvalue weighted by Gasteiger charge is -2.19. The number of amides is 1. The standard InChI is InChI=1S/C18H16BrNO6/c19-13-7-16-15(25-10-26-16)6-12(13)14(8-17(21)22)20-18(23)24-9-11-4-2-1-3-5-11/h1-7,14H,8-10H2,(H,20,23)(H,21,22)/t14-/m0/s1. The second-order valence-electron chi connectivity index (χ2n) is 5.58. The maximum Gasteiger partial charge on any atom is 0.407 e. The minimum atomic E-state index is -1.05. The van der Waals surface area contributed by atoms with E-state index in [4.69, 9.17) is 14.2 Å². The third-order valence-corrected chi connectivity index (χ3v) is 4.44. The van der Waals surface area contributed by atoms with Crippen LogP contribution in [0.3, 0.4) is 0 Å². The number of carboxylic acids is 1. The van der Waals surface area contributed by atoms with Crippen LogP contribution in [0.4, 0.5) is 4.79 Å². The summed E-state index contributed by atoms with van der Waals surface area (Å²) in [6, 6.07) is 11.7. The molecule has 1 atom stereocenters. The highest BCUT2D eigenvalue weighted by Gasteiger charge is 2.25. The van der Waals surface area contributed by atoms with Crippen LogP contribution < -0.4 is 14.8 Å². The molecule has 3 rings (SSSR count). The molecular weight excluding hydrogens is 406 g/mol. The molecule has 2 aromatic carbocycles. The lowest BCUT2D eigenvalue weighted by Crippen LogP contribution is -2.31. The number of hydrogen-bond acceptors (Lipinski definition) is 5. The van der Waals surface area contributed by atoms with E-state index in [1.54, 1.807) is 12.1 Å². The summed E-state index contributed by atoms with van der Waals surface area (Å²) >= 11 is 3.39. The molecule has 26 heavy (non-hydrogen) atoms. The van der Waals surface area contributed by atoms with Gasteiger partial charge in [-0.3, -0.25) is 4.79 Å². The van der Waals surface area contributed by atoms with Gasteiger partial charge >= 0.3 is 12.1 Å². The number of carbonyl (C=O) groups excluding carboxylic acids is 1. The molecule has 1 amide bonds. The highest BCUT2D eigenvalue weighted by atomic mass is 79.9. The van der Waals surface area contributed by atoms with Gasteiger partial charge < -0.3 is 24.6 Å². The first-order chi connectivity index (χ1) is 12.5. The molecule has 0 saturated carbocycles. The maximum atomic E-state index is 12.1. The summed E-state index contributed by atoms with van der Waals surface area (Å²) in [6.07, 6.45) is -1.01. The van der Waals surface area contributed by atoms with Gasteiger partial charge in [0.05, 0.1) is 12.5 Å². The number of alkyl carbamates (subject to hydrolysis) is 1. The van der Waals surface area contributed by atoms with Crippen molar-refractivity contribution in [3.05, 3.63) is 58.1 Å². The number of nitrogens with one attached hydrogen (secondary N) is 1. The summed E-state index contributed by atoms with van der Waals surface area (Å²) < 4.78 is 16.4. The third kappa shape index (κ3) is 4.45. The predicted molar refractivity (Wildman–Crippen MR) is 95.0 cm³/mol. The minimum Gasteiger partial charge on any atom is -0.481 e. The average molecular weight is 422 g/mol. The van der Waals surface area contributed by atoms with Gasteiger partial charge in [-0.15, -0.1) is 0 Å². The van der Waals surface area contributed by atoms with Gasteiger partial charge in [-0.25, -0.2) is 4.79 Å². The number of carbonyl (C=O) groups is 2. The molecule has 0 fully saturated rings. The fourth-order valence-electron chi connectivity index (χ4n) is 2.52. The van der Waals surface area contributed by atoms with E-state index in [1.165, 1.54) is 0 Å². The largest absolute Gasteiger partial charge is 0.481 e. The van der Waals surface area contributed by atoms with Gasteiger partial charge in [-0.05, 0) is 23.3 Å². The quantitative estimate of drug-likeness (QED) is 0.739. The monoisotopic (exact) mass is 421 g/mol. The summed E-state index contributed by atoms with van der Waals surface area (Å²) in [6.45, 7) is 0.191. The Morgan fingerprint density at radius 3 is 2.58 bits per heavy atom. The molecule has 0 unspecified atom stereocenters. The van der Waals surface area contributed by atoms with Crippen LogP contribution in [-0.4, -0.2) is 24.0 Å². The number of halogens is 1. The molecule has 0 aliphatic carbocycles. The molecular formula is C18H16BrNO6. The van der Waals surface area contributed by atoms with E-state index in [9.17, 15) is 14.7 Å². The van der Waals surface area contributed by atoms with Crippen LogP contribution >= 0.6 is 15.9 Å². The fraction of sp³-hybridized carbons (Fsp3) is 0.222. The van der Waals surface area contributed by atoms with E-state index >= 15 is 0 Å². The van der Waals surface area contributed by atoms with Gasteiger partial charge in [0.15, 0.2) is 11.5 Å². The maximum absolute atomic E-state index is 12.1. The van der Waals surface area contributed by atoms with E-state index in [-0.39, 0.29) is 19.8 Å². The first kappa shape index (κ1) is 18.1. The van der Waals surface area contributed by atoms with Gasteiger partial charge in [0, 0.05) is 4.47 Å². The Morgan fingerprint density at radius 1 is 1.19 bits per heavy atom. The van der Waals surface area contributed by atoms with E-state index < -0.39 is 18.1 Å². The molecule has 136 valence electrons. The molecule has 0 saturated heterocycles. The van der Waals surface area contributed by atoms with Gasteiger partial charge in [-0.1, -0.05) is 46.3 Å². The number of rotatable bonds is 6. The Kier molecular flexibility index (Phi) is 5.62. The zero-order valence-electron chi connectivity index (χ0n) is 13.6. The Labute approximate surface area is 158 Å². The van der Waals surface area contributed by atoms with Crippen LogP contribution in [0.1, 0.15) is 23.6 Å². The average Bonchev–Trinajstić information content (AvgIpc) is 3.06. The zero-order chi connectivity index (χ0) is 18.5. The Bertz CT molecular complexity index is 811. The topological polar surface area (TPSA) is 94.1 Å². The van der Waals surface area contributed by atoms with Crippen molar-refractivity contribution in [1.82, 2.24) is 5.32 Å². The Morgan fingerprint density at radius 2 is 1.88 bits per heavy atom. The van der Waals surface area contributed by atoms with Crippen LogP contribution in [0.15, 0.2) is 46.9 Å². The molecule has 2 aromatic rings. The zero-order valence-corrected chi connectivity index (χ0v) is 15.2. The van der Waals surface area contributed by atoms with Gasteiger partial charge in [-0.2, -0.15) is 0 Å². The number of fused-ring (bicyclic) bond motifs is 1. The summed E-state index contributed by atoms with van der Waals surface area (Å²) in [5, 5.41) is 11.8. The van der Waals surface area contributed by atoms with Crippen LogP contribution in [0.5, 0.6) is 11.5 Å². The summed E-state index contributed by atoms with van der Waals surface area (Å²) in [7, 11) is 0. The van der Waals surface area contributed by atoms with Crippen molar-refractivity contribution in [2.24, 2.45) is 0 Å². The van der Waals surface area contributed by atoms with Crippen LogP contribution in [0.25, 0.3) is 0 Å². The fourth-order valence-corrected chi connectivity index (χ4v) is 3.12. The summed E-state index contributed by atoms with van der Waals surface area (Å²) in [4.78, 5) is 23.4. The third-order valence-electron chi connectivity index (χ3n) is 3.75. The number of carboxylic acid groups (broad SMARTS) is 1.